The molecule has 4 rings (SSSR count). The fraction of sp³-hybridized carbons (Fsp3) is 0.870. The molecule has 2 heterocycles. The average molecular weight is 417 g/mol. The maximum atomic E-state index is 13.4. The fourth-order valence-electron chi connectivity index (χ4n) is 6.02. The van der Waals surface area contributed by atoms with Crippen molar-refractivity contribution in [3.05, 3.63) is 0 Å². The van der Waals surface area contributed by atoms with Crippen LogP contribution in [0.25, 0.3) is 0 Å². The number of hydrogen-bond donors (Lipinski definition) is 2. The summed E-state index contributed by atoms with van der Waals surface area (Å²) >= 11 is 0. The van der Waals surface area contributed by atoms with Gasteiger partial charge in [-0.15, -0.1) is 0 Å². The molecular weight excluding hydrogens is 380 g/mol. The number of nitrogens with one attached hydrogen (secondary N) is 2. The lowest BCUT2D eigenvalue weighted by Gasteiger charge is -2.38. The Balaban J connectivity index is 1.43. The van der Waals surface area contributed by atoms with Crippen LogP contribution in [0, 0.1) is 35.0 Å². The Hall–Kier alpha value is -1.65. The molecule has 0 aromatic carbocycles. The van der Waals surface area contributed by atoms with Gasteiger partial charge in [0.15, 0.2) is 0 Å². The van der Waals surface area contributed by atoms with Gasteiger partial charge in [0.2, 0.25) is 11.8 Å². The Morgan fingerprint density at radius 3 is 2.47 bits per heavy atom. The van der Waals surface area contributed by atoms with E-state index < -0.39 is 5.54 Å². The first kappa shape index (κ1) is 21.6. The Labute approximate surface area is 179 Å². The van der Waals surface area contributed by atoms with Gasteiger partial charge in [-0.2, -0.15) is 5.26 Å². The van der Waals surface area contributed by atoms with Gasteiger partial charge in [0, 0.05) is 25.4 Å². The van der Waals surface area contributed by atoms with E-state index in [1.807, 2.05) is 4.90 Å². The second kappa shape index (κ2) is 9.65. The Bertz CT molecular complexity index is 652. The van der Waals surface area contributed by atoms with Crippen LogP contribution in [0.4, 0.5) is 0 Å². The zero-order chi connectivity index (χ0) is 21.0. The first-order valence-electron chi connectivity index (χ1n) is 11.9. The van der Waals surface area contributed by atoms with Gasteiger partial charge in [-0.25, -0.2) is 0 Å². The summed E-state index contributed by atoms with van der Waals surface area (Å²) in [4.78, 5) is 28.2. The topological polar surface area (TPSA) is 94.5 Å². The molecule has 2 saturated carbocycles. The van der Waals surface area contributed by atoms with Crippen LogP contribution in [-0.2, 0) is 14.3 Å². The van der Waals surface area contributed by atoms with E-state index in [0.717, 1.165) is 44.2 Å². The quantitative estimate of drug-likeness (QED) is 0.660. The van der Waals surface area contributed by atoms with Crippen LogP contribution >= 0.6 is 0 Å². The number of morpholine rings is 1. The first-order valence-corrected chi connectivity index (χ1v) is 11.9. The molecule has 3 atom stereocenters. The molecule has 7 nitrogen and oxygen atoms in total. The minimum Gasteiger partial charge on any atom is -0.378 e. The highest BCUT2D eigenvalue weighted by Crippen LogP contribution is 2.58. The normalized spacial score (nSPS) is 31.2. The van der Waals surface area contributed by atoms with Crippen molar-refractivity contribution in [2.45, 2.75) is 63.3 Å². The molecule has 4 fully saturated rings. The number of ether oxygens (including phenoxy) is 1. The predicted octanol–water partition coefficient (Wildman–Crippen LogP) is 1.83. The van der Waals surface area contributed by atoms with Crippen molar-refractivity contribution in [2.75, 3.05) is 39.4 Å². The number of amides is 2. The molecule has 0 aromatic rings. The molecular formula is C23H36N4O3. The third-order valence-corrected chi connectivity index (χ3v) is 7.91. The maximum Gasteiger partial charge on any atom is 0.224 e. The van der Waals surface area contributed by atoms with Crippen LogP contribution in [0.3, 0.4) is 0 Å². The summed E-state index contributed by atoms with van der Waals surface area (Å²) < 4.78 is 5.37. The van der Waals surface area contributed by atoms with Gasteiger partial charge >= 0.3 is 0 Å². The smallest absolute Gasteiger partial charge is 0.224 e. The minimum atomic E-state index is -0.451. The number of nitriles is 1. The highest BCUT2D eigenvalue weighted by Gasteiger charge is 2.51. The van der Waals surface area contributed by atoms with Gasteiger partial charge in [-0.3, -0.25) is 9.59 Å². The van der Waals surface area contributed by atoms with Crippen LogP contribution in [0.5, 0.6) is 0 Å². The van der Waals surface area contributed by atoms with E-state index in [2.05, 4.69) is 16.7 Å². The molecule has 2 aliphatic carbocycles. The molecule has 4 aliphatic rings. The average Bonchev–Trinajstić information content (AvgIpc) is 3.47. The van der Waals surface area contributed by atoms with Crippen LogP contribution in [0.1, 0.15) is 57.8 Å². The number of piperidine rings is 1. The Morgan fingerprint density at radius 2 is 1.83 bits per heavy atom. The molecule has 2 amide bonds. The number of fused-ring (bicyclic) bond motifs is 1. The van der Waals surface area contributed by atoms with Crippen LogP contribution < -0.4 is 10.6 Å². The Kier molecular flexibility index (Phi) is 6.94. The first-order chi connectivity index (χ1) is 14.6. The molecule has 2 aliphatic heterocycles. The van der Waals surface area contributed by atoms with Crippen molar-refractivity contribution in [3.8, 4) is 6.07 Å². The highest BCUT2D eigenvalue weighted by atomic mass is 16.5. The molecule has 0 spiro atoms. The number of carbonyl (C=O) groups excluding carboxylic acids is 2. The predicted molar refractivity (Wildman–Crippen MR) is 112 cm³/mol. The highest BCUT2D eigenvalue weighted by molar-refractivity contribution is 5.86. The fourth-order valence-corrected chi connectivity index (χ4v) is 6.02. The minimum absolute atomic E-state index is 0.0163. The van der Waals surface area contributed by atoms with Crippen molar-refractivity contribution in [2.24, 2.45) is 23.7 Å². The molecule has 166 valence electrons. The van der Waals surface area contributed by atoms with Gasteiger partial charge in [-0.05, 0) is 62.9 Å². The van der Waals surface area contributed by atoms with Gasteiger partial charge in [-0.1, -0.05) is 12.8 Å². The number of carbonyl (C=O) groups is 2. The number of rotatable bonds is 7. The van der Waals surface area contributed by atoms with Gasteiger partial charge in [0.1, 0.15) is 0 Å². The molecule has 2 saturated heterocycles. The largest absolute Gasteiger partial charge is 0.378 e. The second-order valence-corrected chi connectivity index (χ2v) is 9.76. The maximum absolute atomic E-state index is 13.4. The Morgan fingerprint density at radius 1 is 1.17 bits per heavy atom. The summed E-state index contributed by atoms with van der Waals surface area (Å²) in [5, 5.41) is 15.9. The zero-order valence-corrected chi connectivity index (χ0v) is 18.0. The molecule has 7 heteroatoms. The SMILES string of the molecule is N#CCC1(NC(=O)C(CC(=O)N2CCOCC2)CC2C3CCCCC32)CCNCC1. The van der Waals surface area contributed by atoms with E-state index in [9.17, 15) is 14.9 Å². The standard InChI is InChI=1S/C23H36N4O3/c24-8-5-23(6-9-25-10-7-23)26-22(29)17(15-20-18-3-1-2-4-19(18)20)16-21(28)27-11-13-30-14-12-27/h17-20,25H,1-7,9-16H2,(H,26,29). The molecule has 3 unspecified atom stereocenters. The lowest BCUT2D eigenvalue weighted by molar-refractivity contribution is -0.140. The molecule has 30 heavy (non-hydrogen) atoms. The molecule has 0 bridgehead atoms. The summed E-state index contributed by atoms with van der Waals surface area (Å²) in [6.45, 7) is 4.01. The van der Waals surface area contributed by atoms with Crippen LogP contribution in [0.2, 0.25) is 0 Å². The third kappa shape index (κ3) is 4.97. The van der Waals surface area contributed by atoms with Gasteiger partial charge < -0.3 is 20.3 Å². The van der Waals surface area contributed by atoms with Gasteiger partial charge in [0.05, 0.1) is 31.2 Å². The van der Waals surface area contributed by atoms with E-state index >= 15 is 0 Å². The van der Waals surface area contributed by atoms with Crippen molar-refractivity contribution in [1.29, 1.82) is 5.26 Å². The second-order valence-electron chi connectivity index (χ2n) is 9.76. The van der Waals surface area contributed by atoms with Crippen LogP contribution in [0.15, 0.2) is 0 Å². The van der Waals surface area contributed by atoms with Gasteiger partial charge in [0.25, 0.3) is 0 Å². The lowest BCUT2D eigenvalue weighted by atomic mass is 9.84. The zero-order valence-electron chi connectivity index (χ0n) is 18.0. The number of nitrogens with zero attached hydrogens (tertiary/aromatic N) is 2. The summed E-state index contributed by atoms with van der Waals surface area (Å²) in [5.41, 5.74) is -0.451. The van der Waals surface area contributed by atoms with Crippen molar-refractivity contribution in [3.63, 3.8) is 0 Å². The molecule has 0 aromatic heterocycles. The molecule has 0 radical (unpaired) electrons. The van der Waals surface area contributed by atoms with E-state index in [-0.39, 0.29) is 24.2 Å². The third-order valence-electron chi connectivity index (χ3n) is 7.91. The van der Waals surface area contributed by atoms with Crippen molar-refractivity contribution < 1.29 is 14.3 Å². The van der Waals surface area contributed by atoms with E-state index in [1.54, 1.807) is 0 Å². The van der Waals surface area contributed by atoms with Crippen LogP contribution in [-0.4, -0.2) is 61.6 Å². The van der Waals surface area contributed by atoms with Crippen molar-refractivity contribution >= 4 is 11.8 Å². The summed E-state index contributed by atoms with van der Waals surface area (Å²) in [6.07, 6.45) is 8.14. The van der Waals surface area contributed by atoms with E-state index in [1.165, 1.54) is 25.7 Å². The summed E-state index contributed by atoms with van der Waals surface area (Å²) in [6, 6.07) is 2.28. The molecule has 2 N–H and O–H groups in total. The van der Waals surface area contributed by atoms with E-state index in [0.29, 0.717) is 38.6 Å². The number of hydrogen-bond acceptors (Lipinski definition) is 5. The monoisotopic (exact) mass is 416 g/mol. The lowest BCUT2D eigenvalue weighted by Crippen LogP contribution is -2.56. The summed E-state index contributed by atoms with van der Waals surface area (Å²) in [5.74, 6) is 1.89. The van der Waals surface area contributed by atoms with E-state index in [4.69, 9.17) is 4.74 Å². The summed E-state index contributed by atoms with van der Waals surface area (Å²) in [7, 11) is 0. The van der Waals surface area contributed by atoms with Crippen molar-refractivity contribution in [1.82, 2.24) is 15.5 Å².